The van der Waals surface area contributed by atoms with Gasteiger partial charge in [-0.2, -0.15) is 0 Å². The molecule has 0 spiro atoms. The quantitative estimate of drug-likeness (QED) is 0.822. The SMILES string of the molecule is CCP(=O)(CC)c1ccoc1-c1nc[nH]c1CC(C)C. The predicted molar refractivity (Wildman–Crippen MR) is 83.2 cm³/mol. The van der Waals surface area contributed by atoms with Crippen molar-refractivity contribution in [1.29, 1.82) is 0 Å². The number of nitrogens with zero attached hydrogens (tertiary/aromatic N) is 1. The van der Waals surface area contributed by atoms with Crippen LogP contribution in [-0.2, 0) is 11.0 Å². The van der Waals surface area contributed by atoms with Crippen molar-refractivity contribution in [2.45, 2.75) is 34.1 Å². The summed E-state index contributed by atoms with van der Waals surface area (Å²) in [7, 11) is -2.37. The molecule has 2 aromatic rings. The number of furan rings is 1. The summed E-state index contributed by atoms with van der Waals surface area (Å²) in [5.74, 6) is 1.20. The van der Waals surface area contributed by atoms with Crippen LogP contribution in [0.25, 0.3) is 11.5 Å². The third-order valence-corrected chi connectivity index (χ3v) is 6.92. The minimum atomic E-state index is -2.37. The number of aromatic amines is 1. The highest BCUT2D eigenvalue weighted by Gasteiger charge is 2.28. The molecule has 0 aliphatic carbocycles. The summed E-state index contributed by atoms with van der Waals surface area (Å²) in [6, 6.07) is 1.84. The maximum absolute atomic E-state index is 13.0. The van der Waals surface area contributed by atoms with E-state index in [1.807, 2.05) is 19.9 Å². The zero-order valence-corrected chi connectivity index (χ0v) is 13.5. The molecule has 20 heavy (non-hydrogen) atoms. The molecule has 0 saturated heterocycles. The van der Waals surface area contributed by atoms with E-state index in [4.69, 9.17) is 4.42 Å². The van der Waals surface area contributed by atoms with Gasteiger partial charge in [0, 0.05) is 18.0 Å². The van der Waals surface area contributed by atoms with Gasteiger partial charge in [0.25, 0.3) is 0 Å². The molecule has 5 heteroatoms. The Morgan fingerprint density at radius 3 is 2.65 bits per heavy atom. The zero-order chi connectivity index (χ0) is 14.8. The molecule has 0 bridgehead atoms. The van der Waals surface area contributed by atoms with E-state index in [9.17, 15) is 4.57 Å². The number of hydrogen-bond donors (Lipinski definition) is 1. The van der Waals surface area contributed by atoms with Crippen molar-refractivity contribution in [1.82, 2.24) is 9.97 Å². The Morgan fingerprint density at radius 1 is 1.35 bits per heavy atom. The van der Waals surface area contributed by atoms with Crippen molar-refractivity contribution in [2.24, 2.45) is 5.92 Å². The summed E-state index contributed by atoms with van der Waals surface area (Å²) in [6.45, 7) is 8.27. The highest BCUT2D eigenvalue weighted by molar-refractivity contribution is 7.71. The second-order valence-electron chi connectivity index (χ2n) is 5.48. The molecule has 2 aromatic heterocycles. The predicted octanol–water partition coefficient (Wildman–Crippen LogP) is 3.90. The third kappa shape index (κ3) is 2.76. The molecular weight excluding hydrogens is 271 g/mol. The number of nitrogens with one attached hydrogen (secondary N) is 1. The first-order valence-corrected chi connectivity index (χ1v) is 9.28. The third-order valence-electron chi connectivity index (χ3n) is 3.65. The Balaban J connectivity index is 2.48. The van der Waals surface area contributed by atoms with Gasteiger partial charge in [-0.05, 0) is 18.4 Å². The summed E-state index contributed by atoms with van der Waals surface area (Å²) in [4.78, 5) is 7.56. The van der Waals surface area contributed by atoms with Crippen LogP contribution < -0.4 is 5.30 Å². The maximum Gasteiger partial charge on any atom is 0.164 e. The normalized spacial score (nSPS) is 12.2. The molecule has 0 aliphatic heterocycles. The van der Waals surface area contributed by atoms with Crippen LogP contribution in [0.3, 0.4) is 0 Å². The van der Waals surface area contributed by atoms with Crippen LogP contribution in [0.15, 0.2) is 23.1 Å². The van der Waals surface area contributed by atoms with Crippen molar-refractivity contribution in [3.63, 3.8) is 0 Å². The van der Waals surface area contributed by atoms with Crippen molar-refractivity contribution < 1.29 is 8.98 Å². The average molecular weight is 294 g/mol. The molecule has 110 valence electrons. The average Bonchev–Trinajstić information content (AvgIpc) is 3.05. The topological polar surface area (TPSA) is 58.9 Å². The molecule has 0 atom stereocenters. The van der Waals surface area contributed by atoms with Gasteiger partial charge in [-0.15, -0.1) is 0 Å². The van der Waals surface area contributed by atoms with Crippen LogP contribution in [0.4, 0.5) is 0 Å². The molecule has 4 nitrogen and oxygen atoms in total. The van der Waals surface area contributed by atoms with E-state index < -0.39 is 7.14 Å². The lowest BCUT2D eigenvalue weighted by molar-refractivity contribution is 0.574. The van der Waals surface area contributed by atoms with Crippen molar-refractivity contribution >= 4 is 12.4 Å². The molecule has 0 radical (unpaired) electrons. The monoisotopic (exact) mass is 294 g/mol. The Morgan fingerprint density at radius 2 is 2.05 bits per heavy atom. The number of rotatable bonds is 6. The van der Waals surface area contributed by atoms with E-state index >= 15 is 0 Å². The van der Waals surface area contributed by atoms with Crippen LogP contribution in [0.1, 0.15) is 33.4 Å². The van der Waals surface area contributed by atoms with Crippen molar-refractivity contribution in [3.05, 3.63) is 24.4 Å². The lowest BCUT2D eigenvalue weighted by Crippen LogP contribution is -2.10. The summed E-state index contributed by atoms with van der Waals surface area (Å²) in [5, 5.41) is 0.833. The molecule has 0 aliphatic rings. The first-order valence-electron chi connectivity index (χ1n) is 7.20. The fourth-order valence-electron chi connectivity index (χ4n) is 2.45. The second kappa shape index (κ2) is 6.01. The van der Waals surface area contributed by atoms with Crippen LogP contribution >= 0.6 is 7.14 Å². The molecule has 2 heterocycles. The Bertz CT molecular complexity index is 605. The Labute approximate surface area is 120 Å². The van der Waals surface area contributed by atoms with E-state index in [1.54, 1.807) is 12.6 Å². The molecule has 0 aromatic carbocycles. The molecule has 0 saturated carbocycles. The van der Waals surface area contributed by atoms with Crippen molar-refractivity contribution in [3.8, 4) is 11.5 Å². The van der Waals surface area contributed by atoms with Gasteiger partial charge in [-0.25, -0.2) is 4.98 Å². The minimum Gasteiger partial charge on any atom is -0.462 e. The minimum absolute atomic E-state index is 0.525. The van der Waals surface area contributed by atoms with E-state index in [1.165, 1.54) is 0 Å². The Hall–Kier alpha value is -1.28. The van der Waals surface area contributed by atoms with Crippen molar-refractivity contribution in [2.75, 3.05) is 12.3 Å². The molecule has 1 N–H and O–H groups in total. The summed E-state index contributed by atoms with van der Waals surface area (Å²) >= 11 is 0. The van der Waals surface area contributed by atoms with Gasteiger partial charge >= 0.3 is 0 Å². The van der Waals surface area contributed by atoms with E-state index in [-0.39, 0.29) is 0 Å². The molecular formula is C15H23N2O2P. The van der Waals surface area contributed by atoms with Crippen LogP contribution in [0.2, 0.25) is 0 Å². The van der Waals surface area contributed by atoms with Crippen LogP contribution in [0.5, 0.6) is 0 Å². The first-order chi connectivity index (χ1) is 9.51. The van der Waals surface area contributed by atoms with Gasteiger partial charge in [0.05, 0.1) is 17.9 Å². The van der Waals surface area contributed by atoms with Crippen LogP contribution in [-0.4, -0.2) is 22.3 Å². The summed E-state index contributed by atoms with van der Waals surface area (Å²) < 4.78 is 18.6. The Kier molecular flexibility index (Phi) is 4.54. The number of hydrogen-bond acceptors (Lipinski definition) is 3. The fraction of sp³-hybridized carbons (Fsp3) is 0.533. The van der Waals surface area contributed by atoms with Gasteiger partial charge < -0.3 is 14.0 Å². The van der Waals surface area contributed by atoms with E-state index in [2.05, 4.69) is 23.8 Å². The second-order valence-corrected chi connectivity index (χ2v) is 9.01. The molecule has 0 unspecified atom stereocenters. The van der Waals surface area contributed by atoms with Crippen LogP contribution in [0, 0.1) is 5.92 Å². The largest absolute Gasteiger partial charge is 0.462 e. The first kappa shape index (κ1) is 15.1. The lowest BCUT2D eigenvalue weighted by Gasteiger charge is -2.14. The van der Waals surface area contributed by atoms with Gasteiger partial charge in [0.1, 0.15) is 12.8 Å². The number of H-pyrrole nitrogens is 1. The number of aromatic nitrogens is 2. The molecule has 0 fully saturated rings. The highest BCUT2D eigenvalue weighted by Crippen LogP contribution is 2.46. The summed E-state index contributed by atoms with van der Waals surface area (Å²) in [6.07, 6.45) is 5.51. The molecule has 0 amide bonds. The van der Waals surface area contributed by atoms with Gasteiger partial charge in [-0.3, -0.25) is 0 Å². The number of imidazole rings is 1. The van der Waals surface area contributed by atoms with E-state index in [0.29, 0.717) is 24.0 Å². The maximum atomic E-state index is 13.0. The highest BCUT2D eigenvalue weighted by atomic mass is 31.2. The van der Waals surface area contributed by atoms with Gasteiger partial charge in [-0.1, -0.05) is 27.7 Å². The fourth-order valence-corrected chi connectivity index (χ4v) is 4.44. The zero-order valence-electron chi connectivity index (χ0n) is 12.6. The van der Waals surface area contributed by atoms with Gasteiger partial charge in [0.2, 0.25) is 0 Å². The van der Waals surface area contributed by atoms with Gasteiger partial charge in [0.15, 0.2) is 5.76 Å². The lowest BCUT2D eigenvalue weighted by atomic mass is 10.1. The standard InChI is InChI=1S/C15H23N2O2P/c1-5-20(18,6-2)13-7-8-19-15(13)14-12(9-11(3)4)16-10-17-14/h7-8,10-11H,5-6,9H2,1-4H3,(H,16,17). The summed E-state index contributed by atoms with van der Waals surface area (Å²) in [5.41, 5.74) is 1.86. The smallest absolute Gasteiger partial charge is 0.164 e. The van der Waals surface area contributed by atoms with E-state index in [0.717, 1.165) is 23.1 Å². The molecule has 2 rings (SSSR count).